The number of carbonyl (C=O) groups excluding carboxylic acids is 1. The van der Waals surface area contributed by atoms with Gasteiger partial charge >= 0.3 is 5.97 Å². The number of thioether (sulfide) groups is 2. The van der Waals surface area contributed by atoms with Gasteiger partial charge in [-0.1, -0.05) is 0 Å². The van der Waals surface area contributed by atoms with Crippen molar-refractivity contribution in [1.82, 2.24) is 14.8 Å². The molecule has 0 radical (unpaired) electrons. The molecule has 0 aliphatic heterocycles. The van der Waals surface area contributed by atoms with E-state index >= 15 is 0 Å². The highest BCUT2D eigenvalue weighted by Crippen LogP contribution is 2.30. The third-order valence-corrected chi connectivity index (χ3v) is 3.81. The fraction of sp³-hybridized carbons (Fsp3) is 0.444. The van der Waals surface area contributed by atoms with E-state index in [2.05, 4.69) is 10.1 Å². The largest absolute Gasteiger partial charge is 0.461 e. The van der Waals surface area contributed by atoms with Gasteiger partial charge in [0.05, 0.1) is 10.8 Å². The average molecular weight is 259 g/mol. The molecule has 0 saturated carbocycles. The Hall–Kier alpha value is -0.950. The monoisotopic (exact) mass is 259 g/mol. The molecule has 1 aromatic rings. The SMILES string of the molecule is CCOC(=O)C(=C(SC)SC)n1cncn1. The lowest BCUT2D eigenvalue weighted by Gasteiger charge is -2.10. The van der Waals surface area contributed by atoms with Crippen LogP contribution in [0.5, 0.6) is 0 Å². The van der Waals surface area contributed by atoms with Gasteiger partial charge in [0, 0.05) is 0 Å². The third kappa shape index (κ3) is 3.02. The smallest absolute Gasteiger partial charge is 0.358 e. The van der Waals surface area contributed by atoms with Crippen molar-refractivity contribution < 1.29 is 9.53 Å². The van der Waals surface area contributed by atoms with E-state index in [1.807, 2.05) is 12.5 Å². The highest BCUT2D eigenvalue weighted by molar-refractivity contribution is 8.22. The van der Waals surface area contributed by atoms with Crippen molar-refractivity contribution in [2.75, 3.05) is 19.1 Å². The van der Waals surface area contributed by atoms with Crippen molar-refractivity contribution in [3.8, 4) is 0 Å². The predicted molar refractivity (Wildman–Crippen MR) is 66.9 cm³/mol. The maximum Gasteiger partial charge on any atom is 0.358 e. The fourth-order valence-electron chi connectivity index (χ4n) is 1.07. The van der Waals surface area contributed by atoms with Gasteiger partial charge in [-0.3, -0.25) is 0 Å². The van der Waals surface area contributed by atoms with Crippen LogP contribution in [-0.4, -0.2) is 39.9 Å². The Balaban J connectivity index is 3.13. The first-order valence-electron chi connectivity index (χ1n) is 4.59. The average Bonchev–Trinajstić information content (AvgIpc) is 2.78. The van der Waals surface area contributed by atoms with Crippen LogP contribution < -0.4 is 0 Å². The number of hydrogen-bond acceptors (Lipinski definition) is 6. The molecule has 16 heavy (non-hydrogen) atoms. The number of esters is 1. The molecule has 0 spiro atoms. The molecular formula is C9H13N3O2S2. The Kier molecular flexibility index (Phi) is 5.41. The molecule has 0 saturated heterocycles. The molecule has 1 heterocycles. The van der Waals surface area contributed by atoms with E-state index in [9.17, 15) is 4.79 Å². The molecule has 0 aliphatic carbocycles. The summed E-state index contributed by atoms with van der Waals surface area (Å²) in [4.78, 5) is 15.6. The Morgan fingerprint density at radius 1 is 1.44 bits per heavy atom. The summed E-state index contributed by atoms with van der Waals surface area (Å²) in [6, 6.07) is 0. The number of hydrogen-bond donors (Lipinski definition) is 0. The number of ether oxygens (including phenoxy) is 1. The highest BCUT2D eigenvalue weighted by Gasteiger charge is 2.19. The standard InChI is InChI=1S/C9H13N3O2S2/c1-4-14-8(13)7(9(15-2)16-3)12-6-10-5-11-12/h5-6H,4H2,1-3H3. The van der Waals surface area contributed by atoms with Gasteiger partial charge < -0.3 is 4.74 Å². The molecule has 0 atom stereocenters. The molecule has 0 bridgehead atoms. The van der Waals surface area contributed by atoms with Gasteiger partial charge in [0.1, 0.15) is 12.7 Å². The first-order valence-corrected chi connectivity index (χ1v) is 7.03. The van der Waals surface area contributed by atoms with Crippen LogP contribution in [0.25, 0.3) is 5.70 Å². The molecule has 1 aromatic heterocycles. The molecule has 1 rings (SSSR count). The van der Waals surface area contributed by atoms with Gasteiger partial charge in [-0.15, -0.1) is 23.5 Å². The summed E-state index contributed by atoms with van der Waals surface area (Å²) in [5.41, 5.74) is 0.416. The van der Waals surface area contributed by atoms with E-state index in [1.165, 1.54) is 40.9 Å². The molecule has 0 fully saturated rings. The van der Waals surface area contributed by atoms with Crippen LogP contribution in [-0.2, 0) is 9.53 Å². The van der Waals surface area contributed by atoms with Crippen molar-refractivity contribution >= 4 is 35.2 Å². The minimum Gasteiger partial charge on any atom is -0.461 e. The van der Waals surface area contributed by atoms with Crippen LogP contribution in [0.1, 0.15) is 6.92 Å². The van der Waals surface area contributed by atoms with Gasteiger partial charge in [-0.2, -0.15) is 5.10 Å². The van der Waals surface area contributed by atoms with Gasteiger partial charge in [0.15, 0.2) is 5.70 Å². The minimum atomic E-state index is -0.383. The normalized spacial score (nSPS) is 9.94. The van der Waals surface area contributed by atoms with E-state index in [4.69, 9.17) is 4.74 Å². The van der Waals surface area contributed by atoms with E-state index in [-0.39, 0.29) is 5.97 Å². The number of rotatable bonds is 5. The van der Waals surface area contributed by atoms with Gasteiger partial charge in [-0.25, -0.2) is 14.5 Å². The Morgan fingerprint density at radius 3 is 2.56 bits per heavy atom. The summed E-state index contributed by atoms with van der Waals surface area (Å²) >= 11 is 2.97. The van der Waals surface area contributed by atoms with Crippen LogP contribution in [0.3, 0.4) is 0 Å². The van der Waals surface area contributed by atoms with E-state index in [0.717, 1.165) is 4.24 Å². The number of aromatic nitrogens is 3. The summed E-state index contributed by atoms with van der Waals surface area (Å²) in [6.07, 6.45) is 6.68. The summed E-state index contributed by atoms with van der Waals surface area (Å²) in [7, 11) is 0. The van der Waals surface area contributed by atoms with Crippen LogP contribution in [0.15, 0.2) is 16.9 Å². The summed E-state index contributed by atoms with van der Waals surface area (Å²) in [5, 5.41) is 3.96. The minimum absolute atomic E-state index is 0.340. The summed E-state index contributed by atoms with van der Waals surface area (Å²) in [6.45, 7) is 2.11. The maximum absolute atomic E-state index is 11.8. The molecular weight excluding hydrogens is 246 g/mol. The lowest BCUT2D eigenvalue weighted by molar-refractivity contribution is -0.136. The van der Waals surface area contributed by atoms with Crippen molar-refractivity contribution in [2.24, 2.45) is 0 Å². The van der Waals surface area contributed by atoms with Crippen molar-refractivity contribution in [2.45, 2.75) is 6.92 Å². The van der Waals surface area contributed by atoms with Gasteiger partial charge in [0.2, 0.25) is 0 Å². The van der Waals surface area contributed by atoms with Crippen LogP contribution >= 0.6 is 23.5 Å². The lowest BCUT2D eigenvalue weighted by atomic mass is 10.5. The molecule has 5 nitrogen and oxygen atoms in total. The predicted octanol–water partition coefficient (Wildman–Crippen LogP) is 1.69. The van der Waals surface area contributed by atoms with Crippen molar-refractivity contribution in [3.63, 3.8) is 0 Å². The van der Waals surface area contributed by atoms with Gasteiger partial charge in [-0.05, 0) is 19.4 Å². The zero-order chi connectivity index (χ0) is 12.0. The second kappa shape index (κ2) is 6.59. The third-order valence-electron chi connectivity index (χ3n) is 1.68. The maximum atomic E-state index is 11.8. The molecule has 0 aromatic carbocycles. The van der Waals surface area contributed by atoms with Crippen molar-refractivity contribution in [3.05, 3.63) is 16.9 Å². The van der Waals surface area contributed by atoms with Crippen LogP contribution in [0.2, 0.25) is 0 Å². The van der Waals surface area contributed by atoms with Gasteiger partial charge in [0.25, 0.3) is 0 Å². The second-order valence-corrected chi connectivity index (χ2v) is 4.50. The lowest BCUT2D eigenvalue weighted by Crippen LogP contribution is -2.14. The molecule has 7 heteroatoms. The van der Waals surface area contributed by atoms with E-state index < -0.39 is 0 Å². The molecule has 0 unspecified atom stereocenters. The van der Waals surface area contributed by atoms with E-state index in [1.54, 1.807) is 6.92 Å². The first-order chi connectivity index (χ1) is 7.74. The molecule has 0 amide bonds. The number of nitrogens with zero attached hydrogens (tertiary/aromatic N) is 3. The summed E-state index contributed by atoms with van der Waals surface area (Å²) in [5.74, 6) is -0.383. The van der Waals surface area contributed by atoms with Crippen molar-refractivity contribution in [1.29, 1.82) is 0 Å². The Morgan fingerprint density at radius 2 is 2.12 bits per heavy atom. The first kappa shape index (κ1) is 13.1. The second-order valence-electron chi connectivity index (χ2n) is 2.60. The molecule has 0 N–H and O–H groups in total. The molecule has 0 aliphatic rings. The highest BCUT2D eigenvalue weighted by atomic mass is 32.2. The zero-order valence-electron chi connectivity index (χ0n) is 9.34. The molecule has 88 valence electrons. The zero-order valence-corrected chi connectivity index (χ0v) is 11.0. The van der Waals surface area contributed by atoms with E-state index in [0.29, 0.717) is 12.3 Å². The van der Waals surface area contributed by atoms with Crippen LogP contribution in [0.4, 0.5) is 0 Å². The quantitative estimate of drug-likeness (QED) is 0.592. The Labute approximate surface area is 103 Å². The summed E-state index contributed by atoms with van der Waals surface area (Å²) < 4.78 is 7.28. The topological polar surface area (TPSA) is 57.0 Å². The van der Waals surface area contributed by atoms with Crippen LogP contribution in [0, 0.1) is 0 Å². The Bertz CT molecular complexity index is 370. The fourth-order valence-corrected chi connectivity index (χ4v) is 2.48. The number of carbonyl (C=O) groups is 1.